The summed E-state index contributed by atoms with van der Waals surface area (Å²) in [6, 6.07) is 0.0953. The number of aromatic nitrogens is 3. The molecular weight excluding hydrogens is 352 g/mol. The van der Waals surface area contributed by atoms with Gasteiger partial charge in [-0.15, -0.1) is 4.41 Å². The summed E-state index contributed by atoms with van der Waals surface area (Å²) in [6.45, 7) is 1.79. The second-order valence-corrected chi connectivity index (χ2v) is 7.94. The number of halogens is 1. The largest absolute Gasteiger partial charge is 0.354 e. The maximum absolute atomic E-state index is 11.3. The first-order valence-electron chi connectivity index (χ1n) is 7.72. The minimum absolute atomic E-state index is 0.0953. The van der Waals surface area contributed by atoms with Crippen LogP contribution in [0.25, 0.3) is 11.0 Å². The Bertz CT molecular complexity index is 813. The number of hydrazine groups is 1. The highest BCUT2D eigenvalue weighted by atomic mass is 35.5. The lowest BCUT2D eigenvalue weighted by Gasteiger charge is -2.60. The average molecular weight is 371 g/mol. The molecule has 1 saturated heterocycles. The van der Waals surface area contributed by atoms with Crippen LogP contribution in [0, 0.1) is 5.41 Å². The number of hydrogen-bond acceptors (Lipinski definition) is 5. The molecule has 1 aliphatic heterocycles. The monoisotopic (exact) mass is 370 g/mol. The zero-order valence-electron chi connectivity index (χ0n) is 13.4. The Morgan fingerprint density at radius 2 is 2.17 bits per heavy atom. The fourth-order valence-electron chi connectivity index (χ4n) is 4.06. The zero-order chi connectivity index (χ0) is 17.1. The lowest BCUT2D eigenvalue weighted by atomic mass is 9.61. The third-order valence-electron chi connectivity index (χ3n) is 5.10. The van der Waals surface area contributed by atoms with E-state index in [2.05, 4.69) is 20.3 Å². The molecule has 0 amide bonds. The van der Waals surface area contributed by atoms with Crippen molar-refractivity contribution in [2.45, 2.75) is 18.9 Å². The van der Waals surface area contributed by atoms with Gasteiger partial charge in [-0.2, -0.15) is 0 Å². The highest BCUT2D eigenvalue weighted by Gasteiger charge is 2.55. The van der Waals surface area contributed by atoms with Gasteiger partial charge in [0, 0.05) is 37.8 Å². The first-order valence-corrected chi connectivity index (χ1v) is 9.16. The molecule has 1 unspecified atom stereocenters. The molecule has 1 saturated carbocycles. The molecule has 8 nitrogen and oxygen atoms in total. The van der Waals surface area contributed by atoms with Gasteiger partial charge in [-0.3, -0.25) is 4.55 Å². The van der Waals surface area contributed by atoms with Crippen LogP contribution in [-0.4, -0.2) is 53.9 Å². The Hall–Kier alpha value is -1.26. The van der Waals surface area contributed by atoms with Gasteiger partial charge in [0.05, 0.1) is 5.02 Å². The van der Waals surface area contributed by atoms with Gasteiger partial charge in [0.15, 0.2) is 5.82 Å². The second kappa shape index (κ2) is 5.63. The molecule has 24 heavy (non-hydrogen) atoms. The normalized spacial score (nSPS) is 21.3. The first-order chi connectivity index (χ1) is 11.4. The molecule has 3 heterocycles. The molecule has 10 heteroatoms. The Balaban J connectivity index is 1.49. The molecule has 1 spiro atoms. The lowest BCUT2D eigenvalue weighted by Crippen LogP contribution is -2.68. The second-order valence-electron chi connectivity index (χ2n) is 6.68. The minimum Gasteiger partial charge on any atom is -0.354 e. The molecule has 2 aromatic heterocycles. The standard InChI is InChI=1S/C14H19ClN6O2S/c1-16-21(24(22)23)9-3-14(4-9)6-20(7-14)13-12-11(17-8-18-13)10(15)5-19(12)2/h5,8-9,16H,3-4,6-7H2,1-2H3,(H,22,23). The van der Waals surface area contributed by atoms with E-state index in [0.717, 1.165) is 42.8 Å². The highest BCUT2D eigenvalue weighted by molar-refractivity contribution is 7.76. The third kappa shape index (κ3) is 2.34. The van der Waals surface area contributed by atoms with Crippen LogP contribution >= 0.6 is 11.6 Å². The van der Waals surface area contributed by atoms with Crippen LogP contribution in [0.1, 0.15) is 12.8 Å². The molecule has 2 N–H and O–H groups in total. The van der Waals surface area contributed by atoms with Gasteiger partial charge >= 0.3 is 0 Å². The number of nitrogens with zero attached hydrogens (tertiary/aromatic N) is 5. The molecule has 4 rings (SSSR count). The van der Waals surface area contributed by atoms with Gasteiger partial charge in [0.1, 0.15) is 17.4 Å². The van der Waals surface area contributed by atoms with Crippen LogP contribution in [0.15, 0.2) is 12.5 Å². The number of anilines is 1. The van der Waals surface area contributed by atoms with E-state index in [1.807, 2.05) is 17.8 Å². The molecular formula is C14H19ClN6O2S. The quantitative estimate of drug-likeness (QED) is 0.620. The Kier molecular flexibility index (Phi) is 3.81. The van der Waals surface area contributed by atoms with E-state index in [-0.39, 0.29) is 11.5 Å². The molecule has 0 aromatic carbocycles. The third-order valence-corrected chi connectivity index (χ3v) is 6.19. The summed E-state index contributed by atoms with van der Waals surface area (Å²) < 4.78 is 23.9. The van der Waals surface area contributed by atoms with Gasteiger partial charge in [-0.25, -0.2) is 19.6 Å². The van der Waals surface area contributed by atoms with E-state index in [4.69, 9.17) is 11.6 Å². The fraction of sp³-hybridized carbons (Fsp3) is 0.571. The highest BCUT2D eigenvalue weighted by Crippen LogP contribution is 2.51. The van der Waals surface area contributed by atoms with E-state index in [0.29, 0.717) is 5.02 Å². The molecule has 1 aliphatic carbocycles. The molecule has 1 atom stereocenters. The van der Waals surface area contributed by atoms with Crippen molar-refractivity contribution >= 4 is 39.7 Å². The number of aryl methyl sites for hydroxylation is 1. The van der Waals surface area contributed by atoms with Gasteiger partial charge < -0.3 is 9.47 Å². The van der Waals surface area contributed by atoms with Gasteiger partial charge in [0.2, 0.25) is 11.3 Å². The van der Waals surface area contributed by atoms with E-state index < -0.39 is 11.3 Å². The number of fused-ring (bicyclic) bond motifs is 1. The molecule has 2 aliphatic rings. The van der Waals surface area contributed by atoms with Crippen molar-refractivity contribution in [2.24, 2.45) is 12.5 Å². The minimum atomic E-state index is -1.99. The topological polar surface area (TPSA) is 86.5 Å². The number of nitrogens with one attached hydrogen (secondary N) is 1. The van der Waals surface area contributed by atoms with Crippen molar-refractivity contribution in [2.75, 3.05) is 25.0 Å². The Morgan fingerprint density at radius 3 is 2.79 bits per heavy atom. The van der Waals surface area contributed by atoms with Crippen LogP contribution < -0.4 is 10.3 Å². The Morgan fingerprint density at radius 1 is 1.46 bits per heavy atom. The maximum atomic E-state index is 11.3. The van der Waals surface area contributed by atoms with Crippen LogP contribution in [0.4, 0.5) is 5.82 Å². The average Bonchev–Trinajstić information content (AvgIpc) is 2.75. The summed E-state index contributed by atoms with van der Waals surface area (Å²) in [5.41, 5.74) is 4.73. The summed E-state index contributed by atoms with van der Waals surface area (Å²) in [6.07, 6.45) is 5.20. The summed E-state index contributed by atoms with van der Waals surface area (Å²) in [5, 5.41) is 0.630. The smallest absolute Gasteiger partial charge is 0.248 e. The SMILES string of the molecule is CNN(C1CC2(C1)CN(c1ncnc3c(Cl)cn(C)c13)C2)S(=O)O. The number of rotatable bonds is 4. The van der Waals surface area contributed by atoms with Crippen molar-refractivity contribution in [3.05, 3.63) is 17.5 Å². The number of hydrogen-bond donors (Lipinski definition) is 2. The van der Waals surface area contributed by atoms with Crippen molar-refractivity contribution in [1.82, 2.24) is 24.4 Å². The maximum Gasteiger partial charge on any atom is 0.248 e. The van der Waals surface area contributed by atoms with Gasteiger partial charge in [-0.05, 0) is 19.9 Å². The summed E-state index contributed by atoms with van der Waals surface area (Å²) in [4.78, 5) is 11.0. The van der Waals surface area contributed by atoms with Crippen molar-refractivity contribution in [3.8, 4) is 0 Å². The summed E-state index contributed by atoms with van der Waals surface area (Å²) in [5.74, 6) is 0.902. The van der Waals surface area contributed by atoms with Crippen molar-refractivity contribution < 1.29 is 8.76 Å². The zero-order valence-corrected chi connectivity index (χ0v) is 15.0. The van der Waals surface area contributed by atoms with E-state index in [9.17, 15) is 8.76 Å². The predicted octanol–water partition coefficient (Wildman–Crippen LogP) is 1.16. The van der Waals surface area contributed by atoms with Crippen molar-refractivity contribution in [1.29, 1.82) is 0 Å². The fourth-order valence-corrected chi connectivity index (χ4v) is 4.91. The van der Waals surface area contributed by atoms with Crippen LogP contribution in [-0.2, 0) is 18.3 Å². The summed E-state index contributed by atoms with van der Waals surface area (Å²) >= 11 is 4.23. The van der Waals surface area contributed by atoms with Crippen molar-refractivity contribution in [3.63, 3.8) is 0 Å². The predicted molar refractivity (Wildman–Crippen MR) is 92.9 cm³/mol. The van der Waals surface area contributed by atoms with Gasteiger partial charge in [0.25, 0.3) is 0 Å². The van der Waals surface area contributed by atoms with Crippen LogP contribution in [0.2, 0.25) is 5.02 Å². The van der Waals surface area contributed by atoms with E-state index in [1.54, 1.807) is 13.4 Å². The molecule has 130 valence electrons. The van der Waals surface area contributed by atoms with Crippen LogP contribution in [0.3, 0.4) is 0 Å². The summed E-state index contributed by atoms with van der Waals surface area (Å²) in [7, 11) is 3.61. The Labute approximate surface area is 147 Å². The molecule has 0 bridgehead atoms. The molecule has 0 radical (unpaired) electrons. The van der Waals surface area contributed by atoms with Gasteiger partial charge in [-0.1, -0.05) is 11.6 Å². The molecule has 2 fully saturated rings. The van der Waals surface area contributed by atoms with E-state index >= 15 is 0 Å². The first kappa shape index (κ1) is 16.2. The molecule has 2 aromatic rings. The van der Waals surface area contributed by atoms with E-state index in [1.165, 1.54) is 4.41 Å². The lowest BCUT2D eigenvalue weighted by molar-refractivity contribution is 0.000269. The van der Waals surface area contributed by atoms with Crippen LogP contribution in [0.5, 0.6) is 0 Å².